The average Bonchev–Trinajstić information content (AvgIpc) is 0.668. The van der Waals surface area contributed by atoms with Gasteiger partial charge in [-0.15, -0.1) is 0 Å². The van der Waals surface area contributed by atoms with Gasteiger partial charge in [0.15, 0.2) is 0 Å². The molecular weight excluding hydrogens is 1630 g/mol. The van der Waals surface area contributed by atoms with E-state index in [9.17, 15) is 9.59 Å². The van der Waals surface area contributed by atoms with E-state index in [1.165, 1.54) is 9.80 Å². The fraction of sp³-hybridized carbons (Fsp3) is 0.500. The first kappa shape index (κ1) is 93.8. The van der Waals surface area contributed by atoms with E-state index in [2.05, 4.69) is 124 Å². The molecule has 6 atom stereocenters. The van der Waals surface area contributed by atoms with Crippen molar-refractivity contribution in [3.8, 4) is 46.0 Å². The van der Waals surface area contributed by atoms with Gasteiger partial charge in [-0.2, -0.15) is 0 Å². The van der Waals surface area contributed by atoms with E-state index in [1.807, 2.05) is 121 Å². The van der Waals surface area contributed by atoms with Gasteiger partial charge in [0.1, 0.15) is 70.3 Å². The van der Waals surface area contributed by atoms with Crippen LogP contribution in [-0.2, 0) is 50.3 Å². The lowest BCUT2D eigenvalue weighted by atomic mass is 9.79. The van der Waals surface area contributed by atoms with Crippen LogP contribution in [-0.4, -0.2) is 116 Å². The molecule has 6 unspecified atom stereocenters. The van der Waals surface area contributed by atoms with Gasteiger partial charge >= 0.3 is 11.9 Å². The highest BCUT2D eigenvalue weighted by atomic mass is 16.5. The number of nitrogens with zero attached hydrogens (tertiary/aromatic N) is 4. The zero-order valence-corrected chi connectivity index (χ0v) is 80.2. The van der Waals surface area contributed by atoms with Crippen LogP contribution in [0, 0.1) is 23.7 Å². The molecule has 2 aliphatic heterocycles. The molecule has 4 saturated carbocycles. The van der Waals surface area contributed by atoms with Gasteiger partial charge in [0.05, 0.1) is 22.3 Å². The number of amides is 6. The summed E-state index contributed by atoms with van der Waals surface area (Å²) in [6.07, 6.45) is 13.6. The molecule has 9 aromatic carbocycles. The lowest BCUT2D eigenvalue weighted by Gasteiger charge is -2.43. The molecule has 15 rings (SSSR count). The number of carbonyl (C=O) groups is 8. The Labute approximate surface area is 769 Å². The predicted molar refractivity (Wildman–Crippen MR) is 516 cm³/mol. The fourth-order valence-corrected chi connectivity index (χ4v) is 20.9. The van der Waals surface area contributed by atoms with Crippen molar-refractivity contribution in [2.75, 3.05) is 13.1 Å². The topological polar surface area (TPSA) is 205 Å². The largest absolute Gasteiger partial charge is 0.459 e. The minimum absolute atomic E-state index is 0.0366. The molecule has 2 heterocycles. The maximum atomic E-state index is 17.5. The second kappa shape index (κ2) is 37.8. The summed E-state index contributed by atoms with van der Waals surface area (Å²) in [5, 5.41) is 2.44. The maximum absolute atomic E-state index is 17.5. The Morgan fingerprint density at radius 3 is 0.862 bits per heavy atom. The summed E-state index contributed by atoms with van der Waals surface area (Å²) in [5.41, 5.74) is 3.96. The number of esters is 2. The van der Waals surface area contributed by atoms with Crippen LogP contribution in [0.5, 0.6) is 46.0 Å². The van der Waals surface area contributed by atoms with Crippen LogP contribution in [0.25, 0.3) is 43.1 Å². The molecule has 9 aromatic rings. The van der Waals surface area contributed by atoms with Crippen molar-refractivity contribution < 1.29 is 66.8 Å². The summed E-state index contributed by atoms with van der Waals surface area (Å²) in [4.78, 5) is 137. The van der Waals surface area contributed by atoms with E-state index in [4.69, 9.17) is 28.4 Å². The molecule has 0 radical (unpaired) electrons. The number of carbonyl (C=O) groups excluding carboxylic acids is 8. The van der Waals surface area contributed by atoms with Crippen LogP contribution in [0.2, 0.25) is 0 Å². The highest BCUT2D eigenvalue weighted by Gasteiger charge is 2.51. The highest BCUT2D eigenvalue weighted by Crippen LogP contribution is 2.59. The number of benzene rings is 9. The van der Waals surface area contributed by atoms with Gasteiger partial charge in [-0.05, 0) is 205 Å². The van der Waals surface area contributed by atoms with Crippen molar-refractivity contribution in [3.63, 3.8) is 0 Å². The third-order valence-electron chi connectivity index (χ3n) is 28.3. The summed E-state index contributed by atoms with van der Waals surface area (Å²) in [5.74, 6) is -2.63. The lowest BCUT2D eigenvalue weighted by Crippen LogP contribution is -2.58. The minimum atomic E-state index is -1.32. The third-order valence-corrected chi connectivity index (χ3v) is 28.3. The van der Waals surface area contributed by atoms with Crippen LogP contribution in [0.1, 0.15) is 330 Å². The van der Waals surface area contributed by atoms with Crippen molar-refractivity contribution in [2.45, 2.75) is 324 Å². The second-order valence-electron chi connectivity index (χ2n) is 43.0. The second-order valence-corrected chi connectivity index (χ2v) is 43.0. The molecule has 0 saturated heterocycles. The molecule has 0 aromatic heterocycles. The van der Waals surface area contributed by atoms with Gasteiger partial charge in [0.25, 0.3) is 23.6 Å². The van der Waals surface area contributed by atoms with Crippen molar-refractivity contribution in [1.29, 1.82) is 0 Å². The SMILES string of the molecule is C=C(CC)C(=O)OC1CCCC(N(CC(C)C)C(=O)C(CC2CCCCC2)N2C(=O)c3cc(Oc4ccc(C(C)(C)C)cc4)c4c5c(Oc6ccc(C(C)(C)C)cc6)cc6c7c(cc(Oc8ccc(C(C)(C)C)cc8)c(c8c(Oc9ccc(C(C)(C)C)cc9)cc(c3c48)C2=O)c75)C(=O)N(C(CC2CCCCC2)C(=O)N(CC(C)C)C2CCCC(OC(=O)C(=C)CC)C2)C6=O)C1. The van der Waals surface area contributed by atoms with Gasteiger partial charge in [-0.3, -0.25) is 38.6 Å². The fourth-order valence-electron chi connectivity index (χ4n) is 20.9. The van der Waals surface area contributed by atoms with Gasteiger partial charge < -0.3 is 38.2 Å². The van der Waals surface area contributed by atoms with Crippen molar-refractivity contribution in [2.24, 2.45) is 23.7 Å². The van der Waals surface area contributed by atoms with E-state index >= 15 is 28.8 Å². The third kappa shape index (κ3) is 19.4. The Morgan fingerprint density at radius 1 is 0.362 bits per heavy atom. The van der Waals surface area contributed by atoms with Gasteiger partial charge in [-0.25, -0.2) is 9.59 Å². The molecule has 0 N–H and O–H groups in total. The smallest absolute Gasteiger partial charge is 0.333 e. The predicted octanol–water partition coefficient (Wildman–Crippen LogP) is 26.6. The average molecular weight is 1760 g/mol. The van der Waals surface area contributed by atoms with E-state index in [-0.39, 0.29) is 126 Å². The van der Waals surface area contributed by atoms with E-state index in [0.717, 1.165) is 86.5 Å². The number of imide groups is 2. The molecule has 0 bridgehead atoms. The Bertz CT molecular complexity index is 5220. The first-order chi connectivity index (χ1) is 61.7. The molecule has 18 nitrogen and oxygen atoms in total. The maximum Gasteiger partial charge on any atom is 0.333 e. The van der Waals surface area contributed by atoms with Crippen molar-refractivity contribution >= 4 is 90.5 Å². The van der Waals surface area contributed by atoms with E-state index in [1.54, 1.807) is 24.3 Å². The van der Waals surface area contributed by atoms with Crippen molar-refractivity contribution in [1.82, 2.24) is 19.6 Å². The van der Waals surface area contributed by atoms with E-state index < -0.39 is 71.9 Å². The van der Waals surface area contributed by atoms with Crippen LogP contribution < -0.4 is 18.9 Å². The summed E-state index contributed by atoms with van der Waals surface area (Å²) in [6, 6.07) is 34.7. The van der Waals surface area contributed by atoms with Gasteiger partial charge in [-0.1, -0.05) is 251 Å². The molecule has 6 aliphatic rings. The van der Waals surface area contributed by atoms with Gasteiger partial charge in [0, 0.05) is 92.3 Å². The molecule has 688 valence electrons. The molecule has 18 heteroatoms. The first-order valence-corrected chi connectivity index (χ1v) is 48.3. The zero-order chi connectivity index (χ0) is 93.1. The standard InChI is InChI=1S/C112H136N4O14/c1-21-67(7)107(123)129-81-37-29-35-75(57-81)113(63-65(3)4)105(121)87(55-69-31-25-23-26-32-69)115-101(117)83-59-89(125-77-47-39-71(40-48-77)109(9,10)11)95-97-91(127-79-51-43-73(44-52-79)111(15,16)17)61-85-94-86(104(120)116(103(85)119)88(56-70-33-27-24-28-34-70)106(122)114(64-66(5)6)76-36-30-38-82(58-76)130-108(124)68(8)22-2)62-92(128-80-53-45-74(46-54-80)112(18,19)20)98(100(94)97)96-90(60-84(102(115)118)93(83)99(95)96)126-78-49-41-72(42-50-78)110(12,13)14/h39-54,59-62,65-66,69-70,75-76,81-82,87-88H,7-8,21-38,55-58,63-64H2,1-6,9-20H3. The lowest BCUT2D eigenvalue weighted by molar-refractivity contribution is -0.150. The number of hydrogen-bond acceptors (Lipinski definition) is 14. The Hall–Kier alpha value is -10.9. The molecule has 4 fully saturated rings. The molecule has 6 amide bonds. The normalized spacial score (nSPS) is 19.0. The van der Waals surface area contributed by atoms with Crippen LogP contribution >= 0.6 is 0 Å². The first-order valence-electron chi connectivity index (χ1n) is 48.3. The summed E-state index contributed by atoms with van der Waals surface area (Å²) >= 11 is 0. The Morgan fingerprint density at radius 2 is 0.623 bits per heavy atom. The highest BCUT2D eigenvalue weighted by molar-refractivity contribution is 6.45. The minimum Gasteiger partial charge on any atom is -0.459 e. The summed E-state index contributed by atoms with van der Waals surface area (Å²) in [6.45, 7) is 46.2. The zero-order valence-electron chi connectivity index (χ0n) is 80.2. The Kier molecular flexibility index (Phi) is 27.2. The van der Waals surface area contributed by atoms with Crippen LogP contribution in [0.3, 0.4) is 0 Å². The van der Waals surface area contributed by atoms with Crippen LogP contribution in [0.15, 0.2) is 146 Å². The van der Waals surface area contributed by atoms with Crippen molar-refractivity contribution in [3.05, 3.63) is 190 Å². The summed E-state index contributed by atoms with van der Waals surface area (Å²) < 4.78 is 42.8. The molecular formula is C112H136N4O14. The number of ether oxygens (including phenoxy) is 6. The van der Waals surface area contributed by atoms with Crippen LogP contribution in [0.4, 0.5) is 0 Å². The number of fused-ring (bicyclic) bond motifs is 2. The molecule has 0 spiro atoms. The quantitative estimate of drug-likeness (QED) is 0.0147. The summed E-state index contributed by atoms with van der Waals surface area (Å²) in [7, 11) is 0. The van der Waals surface area contributed by atoms with E-state index in [0.29, 0.717) is 144 Å². The molecule has 130 heavy (non-hydrogen) atoms. The Balaban J connectivity index is 1.05. The number of hydrogen-bond donors (Lipinski definition) is 0. The number of rotatable bonds is 28. The molecule has 4 aliphatic carbocycles. The monoisotopic (exact) mass is 1760 g/mol. The van der Waals surface area contributed by atoms with Gasteiger partial charge in [0.2, 0.25) is 11.8 Å².